The van der Waals surface area contributed by atoms with Crippen LogP contribution in [-0.2, 0) is 11.2 Å². The van der Waals surface area contributed by atoms with E-state index in [1.165, 1.54) is 5.56 Å². The molecule has 3 nitrogen and oxygen atoms in total. The van der Waals surface area contributed by atoms with Crippen molar-refractivity contribution in [2.45, 2.75) is 45.8 Å². The van der Waals surface area contributed by atoms with Crippen LogP contribution < -0.4 is 0 Å². The zero-order valence-corrected chi connectivity index (χ0v) is 12.6. The summed E-state index contributed by atoms with van der Waals surface area (Å²) in [7, 11) is 0. The van der Waals surface area contributed by atoms with Gasteiger partial charge in [0.25, 0.3) is 0 Å². The lowest BCUT2D eigenvalue weighted by Gasteiger charge is -2.36. The maximum atomic E-state index is 12.2. The average molecular weight is 282 g/mol. The van der Waals surface area contributed by atoms with Crippen LogP contribution in [0.3, 0.4) is 0 Å². The molecule has 0 unspecified atom stereocenters. The van der Waals surface area contributed by atoms with E-state index in [1.807, 2.05) is 45.9 Å². The highest BCUT2D eigenvalue weighted by Gasteiger charge is 2.30. The van der Waals surface area contributed by atoms with Crippen molar-refractivity contribution in [2.75, 3.05) is 6.54 Å². The lowest BCUT2D eigenvalue weighted by Crippen LogP contribution is -2.42. The lowest BCUT2D eigenvalue weighted by molar-refractivity contribution is 0.0160. The fourth-order valence-corrected chi connectivity index (χ4v) is 2.54. The van der Waals surface area contributed by atoms with Crippen molar-refractivity contribution in [1.82, 2.24) is 4.90 Å². The second-order valence-corrected chi connectivity index (χ2v) is 6.38. The molecule has 0 N–H and O–H groups in total. The maximum Gasteiger partial charge on any atom is 0.410 e. The lowest BCUT2D eigenvalue weighted by atomic mass is 9.94. The van der Waals surface area contributed by atoms with Gasteiger partial charge in [-0.15, -0.1) is 0 Å². The van der Waals surface area contributed by atoms with Crippen molar-refractivity contribution in [3.63, 3.8) is 0 Å². The number of amides is 1. The Morgan fingerprint density at radius 3 is 2.74 bits per heavy atom. The predicted octanol–water partition coefficient (Wildman–Crippen LogP) is 4.19. The number of hydrogen-bond acceptors (Lipinski definition) is 2. The summed E-state index contributed by atoms with van der Waals surface area (Å²) in [6, 6.07) is 5.88. The van der Waals surface area contributed by atoms with Gasteiger partial charge in [0.15, 0.2) is 0 Å². The van der Waals surface area contributed by atoms with Crippen molar-refractivity contribution in [3.8, 4) is 0 Å². The molecule has 1 aliphatic heterocycles. The summed E-state index contributed by atoms with van der Waals surface area (Å²) in [5.41, 5.74) is 1.91. The van der Waals surface area contributed by atoms with E-state index in [1.54, 1.807) is 4.90 Å². The van der Waals surface area contributed by atoms with Crippen molar-refractivity contribution in [1.29, 1.82) is 0 Å². The Balaban J connectivity index is 2.21. The van der Waals surface area contributed by atoms with Crippen LogP contribution in [0.15, 0.2) is 18.2 Å². The molecule has 0 aliphatic carbocycles. The third-order valence-corrected chi connectivity index (χ3v) is 3.51. The van der Waals surface area contributed by atoms with Crippen LogP contribution in [0.2, 0.25) is 5.02 Å². The first-order chi connectivity index (χ1) is 8.78. The zero-order chi connectivity index (χ0) is 14.2. The summed E-state index contributed by atoms with van der Waals surface area (Å²) in [6.45, 7) is 8.34. The second kappa shape index (κ2) is 5.04. The van der Waals surface area contributed by atoms with E-state index < -0.39 is 5.60 Å². The van der Waals surface area contributed by atoms with Crippen LogP contribution in [-0.4, -0.2) is 23.1 Å². The Hall–Kier alpha value is -1.22. The molecule has 1 heterocycles. The molecule has 1 atom stereocenters. The first kappa shape index (κ1) is 14.2. The van der Waals surface area contributed by atoms with Crippen LogP contribution in [0, 0.1) is 0 Å². The average Bonchev–Trinajstić information content (AvgIpc) is 2.28. The van der Waals surface area contributed by atoms with Crippen molar-refractivity contribution in [2.24, 2.45) is 0 Å². The number of fused-ring (bicyclic) bond motifs is 1. The molecule has 0 radical (unpaired) electrons. The standard InChI is InChI=1S/C15H20ClNO2/c1-10-13-9-12(16)6-5-11(13)7-8-17(10)14(18)19-15(2,3)4/h5-6,9-10H,7-8H2,1-4H3/t10-/m0/s1. The van der Waals surface area contributed by atoms with Crippen molar-refractivity contribution >= 4 is 17.7 Å². The Morgan fingerprint density at radius 2 is 2.11 bits per heavy atom. The fraction of sp³-hybridized carbons (Fsp3) is 0.533. The van der Waals surface area contributed by atoms with Gasteiger partial charge >= 0.3 is 6.09 Å². The van der Waals surface area contributed by atoms with Crippen LogP contribution in [0.5, 0.6) is 0 Å². The molecule has 19 heavy (non-hydrogen) atoms. The molecule has 2 rings (SSSR count). The van der Waals surface area contributed by atoms with Crippen molar-refractivity contribution in [3.05, 3.63) is 34.3 Å². The second-order valence-electron chi connectivity index (χ2n) is 5.94. The number of benzene rings is 1. The van der Waals surface area contributed by atoms with Gasteiger partial charge in [0.1, 0.15) is 5.60 Å². The molecule has 0 bridgehead atoms. The molecule has 1 aromatic rings. The van der Waals surface area contributed by atoms with E-state index in [2.05, 4.69) is 0 Å². The normalized spacial score (nSPS) is 19.0. The maximum absolute atomic E-state index is 12.2. The van der Waals surface area contributed by atoms with Gasteiger partial charge in [0.05, 0.1) is 6.04 Å². The topological polar surface area (TPSA) is 29.5 Å². The molecule has 1 amide bonds. The molecular formula is C15H20ClNO2. The van der Waals surface area contributed by atoms with Gasteiger partial charge in [0, 0.05) is 11.6 Å². The highest BCUT2D eigenvalue weighted by atomic mass is 35.5. The number of hydrogen-bond donors (Lipinski definition) is 0. The molecule has 0 spiro atoms. The summed E-state index contributed by atoms with van der Waals surface area (Å²) < 4.78 is 5.45. The first-order valence-corrected chi connectivity index (χ1v) is 6.93. The number of halogens is 1. The Kier molecular flexibility index (Phi) is 3.77. The molecule has 4 heteroatoms. The van der Waals surface area contributed by atoms with Gasteiger partial charge in [-0.3, -0.25) is 0 Å². The SMILES string of the molecule is C[C@H]1c2cc(Cl)ccc2CCN1C(=O)OC(C)(C)C. The van der Waals surface area contributed by atoms with Gasteiger partial charge < -0.3 is 9.64 Å². The number of carbonyl (C=O) groups excluding carboxylic acids is 1. The van der Waals surface area contributed by atoms with E-state index in [0.717, 1.165) is 12.0 Å². The number of nitrogens with zero attached hydrogens (tertiary/aromatic N) is 1. The minimum atomic E-state index is -0.467. The molecular weight excluding hydrogens is 262 g/mol. The minimum absolute atomic E-state index is 0.00250. The van der Waals surface area contributed by atoms with E-state index in [0.29, 0.717) is 11.6 Å². The highest BCUT2D eigenvalue weighted by molar-refractivity contribution is 6.30. The largest absolute Gasteiger partial charge is 0.444 e. The van der Waals surface area contributed by atoms with Crippen molar-refractivity contribution < 1.29 is 9.53 Å². The van der Waals surface area contributed by atoms with E-state index in [4.69, 9.17) is 16.3 Å². The first-order valence-electron chi connectivity index (χ1n) is 6.56. The molecule has 0 aromatic heterocycles. The summed E-state index contributed by atoms with van der Waals surface area (Å²) in [6.07, 6.45) is 0.585. The van der Waals surface area contributed by atoms with E-state index in [-0.39, 0.29) is 12.1 Å². The molecule has 1 aliphatic rings. The minimum Gasteiger partial charge on any atom is -0.444 e. The number of carbonyl (C=O) groups is 1. The van der Waals surface area contributed by atoms with Crippen LogP contribution >= 0.6 is 11.6 Å². The van der Waals surface area contributed by atoms with Crippen LogP contribution in [0.25, 0.3) is 0 Å². The van der Waals surface area contributed by atoms with E-state index >= 15 is 0 Å². The summed E-state index contributed by atoms with van der Waals surface area (Å²) in [4.78, 5) is 14.0. The molecule has 0 saturated heterocycles. The summed E-state index contributed by atoms with van der Waals surface area (Å²) >= 11 is 6.04. The Bertz CT molecular complexity index is 493. The number of ether oxygens (including phenoxy) is 1. The third kappa shape index (κ3) is 3.21. The van der Waals surface area contributed by atoms with E-state index in [9.17, 15) is 4.79 Å². The monoisotopic (exact) mass is 281 g/mol. The summed E-state index contributed by atoms with van der Waals surface area (Å²) in [5, 5.41) is 0.705. The highest BCUT2D eigenvalue weighted by Crippen LogP contribution is 2.32. The van der Waals surface area contributed by atoms with Gasteiger partial charge in [-0.25, -0.2) is 4.79 Å². The van der Waals surface area contributed by atoms with Gasteiger partial charge in [-0.1, -0.05) is 17.7 Å². The molecule has 0 fully saturated rings. The Labute approximate surface area is 119 Å². The van der Waals surface area contributed by atoms with Crippen LogP contribution in [0.1, 0.15) is 44.9 Å². The zero-order valence-electron chi connectivity index (χ0n) is 11.9. The third-order valence-electron chi connectivity index (χ3n) is 3.28. The van der Waals surface area contributed by atoms with Gasteiger partial charge in [-0.05, 0) is 57.4 Å². The van der Waals surface area contributed by atoms with Gasteiger partial charge in [-0.2, -0.15) is 0 Å². The predicted molar refractivity (Wildman–Crippen MR) is 76.5 cm³/mol. The smallest absolute Gasteiger partial charge is 0.410 e. The Morgan fingerprint density at radius 1 is 1.42 bits per heavy atom. The van der Waals surface area contributed by atoms with Gasteiger partial charge in [0.2, 0.25) is 0 Å². The fourth-order valence-electron chi connectivity index (χ4n) is 2.35. The molecule has 0 saturated carbocycles. The number of rotatable bonds is 0. The summed E-state index contributed by atoms with van der Waals surface area (Å²) in [5.74, 6) is 0. The molecule has 104 valence electrons. The quantitative estimate of drug-likeness (QED) is 0.713. The molecule has 1 aromatic carbocycles. The van der Waals surface area contributed by atoms with Crippen LogP contribution in [0.4, 0.5) is 4.79 Å².